The van der Waals surface area contributed by atoms with Gasteiger partial charge in [0, 0.05) is 52.7 Å². The van der Waals surface area contributed by atoms with E-state index in [2.05, 4.69) is 4.90 Å². The Labute approximate surface area is 239 Å². The van der Waals surface area contributed by atoms with E-state index in [4.69, 9.17) is 0 Å². The Bertz CT molecular complexity index is 1240. The van der Waals surface area contributed by atoms with Crippen molar-refractivity contribution < 1.29 is 40.3 Å². The summed E-state index contributed by atoms with van der Waals surface area (Å²) >= 11 is 0. The average Bonchev–Trinajstić information content (AvgIpc) is 2.95. The molecule has 3 atom stereocenters. The van der Waals surface area contributed by atoms with Crippen LogP contribution in [0.2, 0.25) is 0 Å². The van der Waals surface area contributed by atoms with Crippen molar-refractivity contribution in [3.63, 3.8) is 0 Å². The van der Waals surface area contributed by atoms with Crippen molar-refractivity contribution in [3.8, 4) is 0 Å². The minimum atomic E-state index is -5.01. The number of carbonyl (C=O) groups excluding carboxylic acids is 2. The number of rotatable bonds is 4. The summed E-state index contributed by atoms with van der Waals surface area (Å²) in [6.45, 7) is 5.63. The van der Waals surface area contributed by atoms with Crippen LogP contribution in [0.15, 0.2) is 42.5 Å². The van der Waals surface area contributed by atoms with Crippen LogP contribution < -0.4 is 0 Å². The van der Waals surface area contributed by atoms with E-state index in [0.717, 1.165) is 4.90 Å². The first kappa shape index (κ1) is 31.6. The maximum absolute atomic E-state index is 13.8. The highest BCUT2D eigenvalue weighted by Gasteiger charge is 2.40. The Morgan fingerprint density at radius 3 is 1.93 bits per heavy atom. The van der Waals surface area contributed by atoms with Gasteiger partial charge < -0.3 is 14.7 Å². The first-order chi connectivity index (χ1) is 19.6. The van der Waals surface area contributed by atoms with Gasteiger partial charge in [0.25, 0.3) is 0 Å². The zero-order chi connectivity index (χ0) is 31.0. The van der Waals surface area contributed by atoms with Crippen LogP contribution in [0.1, 0.15) is 61.0 Å². The molecule has 0 spiro atoms. The molecule has 2 saturated heterocycles. The second-order valence-corrected chi connectivity index (χ2v) is 10.9. The Balaban J connectivity index is 1.59. The maximum atomic E-state index is 13.8. The van der Waals surface area contributed by atoms with Gasteiger partial charge in [0.05, 0.1) is 23.2 Å². The molecule has 3 amide bonds. The number of halogens is 7. The van der Waals surface area contributed by atoms with E-state index in [1.165, 1.54) is 33.0 Å². The molecule has 6 nitrogen and oxygen atoms in total. The van der Waals surface area contributed by atoms with Crippen LogP contribution in [0.3, 0.4) is 0 Å². The van der Waals surface area contributed by atoms with Gasteiger partial charge in [0.2, 0.25) is 5.91 Å². The number of carbonyl (C=O) groups is 2. The predicted molar refractivity (Wildman–Crippen MR) is 141 cm³/mol. The summed E-state index contributed by atoms with van der Waals surface area (Å²) < 4.78 is 94.5. The highest BCUT2D eigenvalue weighted by molar-refractivity contribution is 5.75. The van der Waals surface area contributed by atoms with Gasteiger partial charge in [-0.3, -0.25) is 9.69 Å². The lowest BCUT2D eigenvalue weighted by atomic mass is 9.90. The number of piperazine rings is 1. The molecule has 0 saturated carbocycles. The number of hydrogen-bond acceptors (Lipinski definition) is 3. The van der Waals surface area contributed by atoms with Gasteiger partial charge in [-0.25, -0.2) is 9.18 Å². The summed E-state index contributed by atoms with van der Waals surface area (Å²) in [7, 11) is 1.34. The molecule has 2 aliphatic heterocycles. The Morgan fingerprint density at radius 2 is 1.43 bits per heavy atom. The van der Waals surface area contributed by atoms with E-state index in [0.29, 0.717) is 56.7 Å². The number of alkyl halides is 6. The first-order valence-corrected chi connectivity index (χ1v) is 13.6. The maximum Gasteiger partial charge on any atom is 0.416 e. The summed E-state index contributed by atoms with van der Waals surface area (Å²) in [6, 6.07) is 4.89. The molecule has 42 heavy (non-hydrogen) atoms. The number of amides is 3. The summed E-state index contributed by atoms with van der Waals surface area (Å²) in [5.41, 5.74) is -2.54. The van der Waals surface area contributed by atoms with Crippen molar-refractivity contribution in [2.45, 2.75) is 57.2 Å². The molecule has 2 fully saturated rings. The fourth-order valence-electron chi connectivity index (χ4n) is 5.72. The third kappa shape index (κ3) is 6.99. The molecular weight excluding hydrogens is 569 g/mol. The topological polar surface area (TPSA) is 47.1 Å². The van der Waals surface area contributed by atoms with Gasteiger partial charge in [-0.2, -0.15) is 26.3 Å². The number of urea groups is 1. The quantitative estimate of drug-likeness (QED) is 0.384. The molecule has 0 bridgehead atoms. The van der Waals surface area contributed by atoms with Gasteiger partial charge in [0.1, 0.15) is 5.82 Å². The molecular formula is C29H33F7N4O2. The monoisotopic (exact) mass is 602 g/mol. The van der Waals surface area contributed by atoms with Crippen molar-refractivity contribution in [1.82, 2.24) is 19.6 Å². The summed E-state index contributed by atoms with van der Waals surface area (Å²) in [5, 5.41) is 0. The minimum absolute atomic E-state index is 0.000429. The molecule has 0 N–H and O–H groups in total. The normalized spacial score (nSPS) is 21.3. The lowest BCUT2D eigenvalue weighted by Gasteiger charge is -2.47. The van der Waals surface area contributed by atoms with Crippen molar-refractivity contribution in [2.24, 2.45) is 0 Å². The third-order valence-electron chi connectivity index (χ3n) is 8.33. The van der Waals surface area contributed by atoms with Crippen LogP contribution in [0.4, 0.5) is 35.5 Å². The van der Waals surface area contributed by atoms with E-state index >= 15 is 0 Å². The van der Waals surface area contributed by atoms with Crippen LogP contribution in [-0.2, 0) is 17.1 Å². The smallest absolute Gasteiger partial charge is 0.340 e. The van der Waals surface area contributed by atoms with Gasteiger partial charge in [0.15, 0.2) is 0 Å². The third-order valence-corrected chi connectivity index (χ3v) is 8.33. The highest BCUT2D eigenvalue weighted by atomic mass is 19.4. The second-order valence-electron chi connectivity index (χ2n) is 10.9. The van der Waals surface area contributed by atoms with Crippen LogP contribution in [0.25, 0.3) is 0 Å². The highest BCUT2D eigenvalue weighted by Crippen LogP contribution is 2.39. The molecule has 13 heteroatoms. The molecule has 1 unspecified atom stereocenters. The van der Waals surface area contributed by atoms with Gasteiger partial charge >= 0.3 is 18.4 Å². The van der Waals surface area contributed by atoms with E-state index in [1.807, 2.05) is 0 Å². The van der Waals surface area contributed by atoms with Crippen molar-refractivity contribution in [1.29, 1.82) is 0 Å². The molecule has 2 heterocycles. The molecule has 2 aliphatic rings. The SMILES string of the molecule is CC(=O)N1CCN([C@H]2CCN(C(=O)N(C)[C@H](C)c3cc(C(F)(F)F)cc(C(F)(F)F)c3)C(c3ccc(F)cc3)C2)CC1. The fraction of sp³-hybridized carbons (Fsp3) is 0.517. The Kier molecular flexibility index (Phi) is 9.10. The standard InChI is InChI=1S/C29H33F7N4O2/c1-18(21-14-22(28(31,32)33)16-23(15-21)29(34,35)36)37(3)27(42)40-9-8-25(39-12-10-38(11-13-39)19(2)41)17-26(40)20-4-6-24(30)7-5-20/h4-7,14-16,18,25-26H,8-13,17H2,1-3H3/t18-,25+,26?/m1/s1. The number of hydrogen-bond donors (Lipinski definition) is 0. The lowest BCUT2D eigenvalue weighted by molar-refractivity contribution is -0.143. The van der Waals surface area contributed by atoms with Gasteiger partial charge in [-0.05, 0) is 61.2 Å². The number of benzene rings is 2. The predicted octanol–water partition coefficient (Wildman–Crippen LogP) is 6.35. The number of piperidine rings is 1. The number of nitrogens with zero attached hydrogens (tertiary/aromatic N) is 4. The van der Waals surface area contributed by atoms with Crippen LogP contribution in [-0.4, -0.2) is 77.4 Å². The first-order valence-electron chi connectivity index (χ1n) is 13.6. The zero-order valence-corrected chi connectivity index (χ0v) is 23.5. The minimum Gasteiger partial charge on any atom is -0.340 e. The van der Waals surface area contributed by atoms with Crippen molar-refractivity contribution in [3.05, 3.63) is 70.5 Å². The molecule has 0 radical (unpaired) electrons. The van der Waals surface area contributed by atoms with Gasteiger partial charge in [-0.15, -0.1) is 0 Å². The summed E-state index contributed by atoms with van der Waals surface area (Å²) in [6.07, 6.45) is -8.96. The largest absolute Gasteiger partial charge is 0.416 e. The van der Waals surface area contributed by atoms with Crippen LogP contribution >= 0.6 is 0 Å². The van der Waals surface area contributed by atoms with Crippen molar-refractivity contribution in [2.75, 3.05) is 39.8 Å². The van der Waals surface area contributed by atoms with E-state index in [1.54, 1.807) is 21.9 Å². The van der Waals surface area contributed by atoms with Crippen LogP contribution in [0, 0.1) is 5.82 Å². The Morgan fingerprint density at radius 1 is 0.881 bits per heavy atom. The average molecular weight is 603 g/mol. The molecule has 4 rings (SSSR count). The lowest BCUT2D eigenvalue weighted by Crippen LogP contribution is -2.56. The zero-order valence-electron chi connectivity index (χ0n) is 23.5. The molecule has 230 valence electrons. The molecule has 0 aliphatic carbocycles. The second kappa shape index (κ2) is 12.1. The van der Waals surface area contributed by atoms with Crippen molar-refractivity contribution >= 4 is 11.9 Å². The molecule has 2 aromatic carbocycles. The van der Waals surface area contributed by atoms with E-state index in [9.17, 15) is 40.3 Å². The summed E-state index contributed by atoms with van der Waals surface area (Å²) in [4.78, 5) is 32.2. The van der Waals surface area contributed by atoms with Gasteiger partial charge in [-0.1, -0.05) is 12.1 Å². The van der Waals surface area contributed by atoms with E-state index in [-0.39, 0.29) is 30.1 Å². The van der Waals surface area contributed by atoms with Crippen LogP contribution in [0.5, 0.6) is 0 Å². The molecule has 2 aromatic rings. The molecule has 0 aromatic heterocycles. The summed E-state index contributed by atoms with van der Waals surface area (Å²) in [5.74, 6) is -0.459. The Hall–Kier alpha value is -3.35. The fourth-order valence-corrected chi connectivity index (χ4v) is 5.72. The number of likely N-dealkylation sites (tertiary alicyclic amines) is 1. The van der Waals surface area contributed by atoms with E-state index < -0.39 is 47.4 Å².